The van der Waals surface area contributed by atoms with Crippen molar-refractivity contribution in [1.29, 1.82) is 0 Å². The Kier molecular flexibility index (Phi) is 3.51. The van der Waals surface area contributed by atoms with Gasteiger partial charge in [-0.05, 0) is 36.9 Å². The van der Waals surface area contributed by atoms with E-state index in [1.54, 1.807) is 0 Å². The van der Waals surface area contributed by atoms with Crippen LogP contribution in [0.1, 0.15) is 29.5 Å². The standard InChI is InChI=1S/C18H23N3O/c1-20(11-13-6-7-17-19-8-9-21(17)12-13)16-10-14-4-2-3-5-15(14)18(16)22/h2-5,8-9,13,16,18,22H,6-7,10-12H2,1H3/t13-,16-,18-/m0/s1. The predicted octanol–water partition coefficient (Wildman–Crippen LogP) is 2.04. The van der Waals surface area contributed by atoms with Crippen molar-refractivity contribution in [3.05, 3.63) is 53.6 Å². The Hall–Kier alpha value is -1.65. The normalized spacial score (nSPS) is 27.0. The van der Waals surface area contributed by atoms with Crippen molar-refractivity contribution in [2.45, 2.75) is 38.0 Å². The minimum Gasteiger partial charge on any atom is -0.387 e. The lowest BCUT2D eigenvalue weighted by atomic mass is 9.97. The van der Waals surface area contributed by atoms with Gasteiger partial charge in [0.1, 0.15) is 5.82 Å². The maximum atomic E-state index is 10.6. The zero-order valence-corrected chi connectivity index (χ0v) is 13.0. The van der Waals surface area contributed by atoms with E-state index in [0.717, 1.165) is 31.5 Å². The van der Waals surface area contributed by atoms with Crippen LogP contribution >= 0.6 is 0 Å². The minimum atomic E-state index is -0.353. The highest BCUT2D eigenvalue weighted by Gasteiger charge is 2.34. The highest BCUT2D eigenvalue weighted by atomic mass is 16.3. The van der Waals surface area contributed by atoms with Crippen LogP contribution in [0.2, 0.25) is 0 Å². The molecule has 116 valence electrons. The predicted molar refractivity (Wildman–Crippen MR) is 85.6 cm³/mol. The molecule has 4 rings (SSSR count). The molecule has 1 aromatic heterocycles. The van der Waals surface area contributed by atoms with E-state index in [4.69, 9.17) is 0 Å². The van der Waals surface area contributed by atoms with Gasteiger partial charge >= 0.3 is 0 Å². The number of aryl methyl sites for hydroxylation is 1. The van der Waals surface area contributed by atoms with Gasteiger partial charge in [-0.1, -0.05) is 24.3 Å². The van der Waals surface area contributed by atoms with Gasteiger partial charge in [0.05, 0.1) is 6.10 Å². The molecule has 3 atom stereocenters. The molecule has 2 aromatic rings. The number of aliphatic hydroxyl groups is 1. The molecule has 22 heavy (non-hydrogen) atoms. The number of imidazole rings is 1. The van der Waals surface area contributed by atoms with Crippen LogP contribution in [0.15, 0.2) is 36.7 Å². The van der Waals surface area contributed by atoms with Crippen LogP contribution in [0.3, 0.4) is 0 Å². The molecule has 4 nitrogen and oxygen atoms in total. The molecule has 0 radical (unpaired) electrons. The van der Waals surface area contributed by atoms with Crippen molar-refractivity contribution in [2.24, 2.45) is 5.92 Å². The number of hydrogen-bond acceptors (Lipinski definition) is 3. The summed E-state index contributed by atoms with van der Waals surface area (Å²) in [6.45, 7) is 2.09. The van der Waals surface area contributed by atoms with E-state index in [9.17, 15) is 5.11 Å². The van der Waals surface area contributed by atoms with Crippen molar-refractivity contribution in [1.82, 2.24) is 14.5 Å². The molecule has 0 bridgehead atoms. The van der Waals surface area contributed by atoms with E-state index in [1.807, 2.05) is 12.3 Å². The third-order valence-electron chi connectivity index (χ3n) is 5.31. The largest absolute Gasteiger partial charge is 0.387 e. The van der Waals surface area contributed by atoms with Gasteiger partial charge in [-0.15, -0.1) is 0 Å². The molecule has 0 spiro atoms. The Morgan fingerprint density at radius 3 is 3.09 bits per heavy atom. The Bertz CT molecular complexity index is 666. The van der Waals surface area contributed by atoms with Gasteiger partial charge in [0.25, 0.3) is 0 Å². The highest BCUT2D eigenvalue weighted by molar-refractivity contribution is 5.35. The molecule has 0 amide bonds. The summed E-state index contributed by atoms with van der Waals surface area (Å²) >= 11 is 0. The van der Waals surface area contributed by atoms with Crippen LogP contribution in [0, 0.1) is 5.92 Å². The quantitative estimate of drug-likeness (QED) is 0.942. The number of aliphatic hydroxyl groups excluding tert-OH is 1. The molecule has 0 fully saturated rings. The molecule has 1 aliphatic carbocycles. The molecule has 0 unspecified atom stereocenters. The van der Waals surface area contributed by atoms with Crippen LogP contribution < -0.4 is 0 Å². The van der Waals surface area contributed by atoms with E-state index in [1.165, 1.54) is 17.8 Å². The lowest BCUT2D eigenvalue weighted by Gasteiger charge is -2.33. The number of aromatic nitrogens is 2. The van der Waals surface area contributed by atoms with Gasteiger partial charge in [0, 0.05) is 37.9 Å². The number of hydrogen-bond donors (Lipinski definition) is 1. The first kappa shape index (κ1) is 14.0. The van der Waals surface area contributed by atoms with Crippen LogP contribution in [0.25, 0.3) is 0 Å². The maximum Gasteiger partial charge on any atom is 0.108 e. The smallest absolute Gasteiger partial charge is 0.108 e. The second-order valence-electron chi connectivity index (χ2n) is 6.76. The number of nitrogens with zero attached hydrogens (tertiary/aromatic N) is 3. The van der Waals surface area contributed by atoms with Crippen LogP contribution in [0.4, 0.5) is 0 Å². The third kappa shape index (κ3) is 2.36. The first-order valence-electron chi connectivity index (χ1n) is 8.18. The maximum absolute atomic E-state index is 10.6. The van der Waals surface area contributed by atoms with Crippen molar-refractivity contribution >= 4 is 0 Å². The van der Waals surface area contributed by atoms with Gasteiger partial charge in [-0.3, -0.25) is 4.90 Å². The van der Waals surface area contributed by atoms with Crippen molar-refractivity contribution in [3.8, 4) is 0 Å². The van der Waals surface area contributed by atoms with Crippen LogP contribution in [-0.4, -0.2) is 39.2 Å². The fraction of sp³-hybridized carbons (Fsp3) is 0.500. The van der Waals surface area contributed by atoms with E-state index >= 15 is 0 Å². The number of rotatable bonds is 3. The van der Waals surface area contributed by atoms with E-state index in [-0.39, 0.29) is 12.1 Å². The minimum absolute atomic E-state index is 0.210. The zero-order chi connectivity index (χ0) is 15.1. The summed E-state index contributed by atoms with van der Waals surface area (Å²) in [5.41, 5.74) is 2.41. The fourth-order valence-electron chi connectivity index (χ4n) is 4.08. The summed E-state index contributed by atoms with van der Waals surface area (Å²) in [6.07, 6.45) is 6.85. The van der Waals surface area contributed by atoms with Crippen LogP contribution in [0.5, 0.6) is 0 Å². The van der Waals surface area contributed by atoms with Gasteiger partial charge in [-0.25, -0.2) is 4.98 Å². The highest BCUT2D eigenvalue weighted by Crippen LogP contribution is 2.34. The molecule has 1 N–H and O–H groups in total. The molecule has 0 saturated heterocycles. The van der Waals surface area contributed by atoms with Crippen molar-refractivity contribution < 1.29 is 5.11 Å². The summed E-state index contributed by atoms with van der Waals surface area (Å²) in [4.78, 5) is 6.75. The second-order valence-corrected chi connectivity index (χ2v) is 6.76. The average Bonchev–Trinajstić information content (AvgIpc) is 3.12. The summed E-state index contributed by atoms with van der Waals surface area (Å²) in [5, 5.41) is 10.6. The van der Waals surface area contributed by atoms with Crippen LogP contribution in [-0.2, 0) is 19.4 Å². The van der Waals surface area contributed by atoms with Gasteiger partial charge in [-0.2, -0.15) is 0 Å². The molecule has 1 aliphatic heterocycles. The molecule has 2 heterocycles. The lowest BCUT2D eigenvalue weighted by molar-refractivity contribution is 0.0631. The summed E-state index contributed by atoms with van der Waals surface area (Å²) in [7, 11) is 2.16. The summed E-state index contributed by atoms with van der Waals surface area (Å²) in [5.74, 6) is 1.86. The van der Waals surface area contributed by atoms with E-state index < -0.39 is 0 Å². The third-order valence-corrected chi connectivity index (χ3v) is 5.31. The Balaban J connectivity index is 1.43. The number of fused-ring (bicyclic) bond motifs is 2. The number of benzene rings is 1. The molecule has 2 aliphatic rings. The van der Waals surface area contributed by atoms with Gasteiger partial charge in [0.2, 0.25) is 0 Å². The Morgan fingerprint density at radius 1 is 1.36 bits per heavy atom. The Morgan fingerprint density at radius 2 is 2.23 bits per heavy atom. The second kappa shape index (κ2) is 5.52. The SMILES string of the molecule is CN(C[C@@H]1CCc2nccn2C1)[C@H]1Cc2ccccc2[C@@H]1O. The first-order chi connectivity index (χ1) is 10.7. The Labute approximate surface area is 131 Å². The molecular weight excluding hydrogens is 274 g/mol. The van der Waals surface area contributed by atoms with Gasteiger partial charge < -0.3 is 9.67 Å². The molecule has 0 saturated carbocycles. The molecular formula is C18H23N3O. The summed E-state index contributed by atoms with van der Waals surface area (Å²) in [6, 6.07) is 8.50. The molecule has 1 aromatic carbocycles. The van der Waals surface area contributed by atoms with E-state index in [2.05, 4.69) is 45.9 Å². The summed E-state index contributed by atoms with van der Waals surface area (Å²) < 4.78 is 2.28. The van der Waals surface area contributed by atoms with Crippen molar-refractivity contribution in [3.63, 3.8) is 0 Å². The monoisotopic (exact) mass is 297 g/mol. The topological polar surface area (TPSA) is 41.3 Å². The fourth-order valence-corrected chi connectivity index (χ4v) is 4.08. The molecule has 4 heteroatoms. The first-order valence-corrected chi connectivity index (χ1v) is 8.18. The zero-order valence-electron chi connectivity index (χ0n) is 13.0. The average molecular weight is 297 g/mol. The number of likely N-dealkylation sites (N-methyl/N-ethyl adjacent to an activating group) is 1. The van der Waals surface area contributed by atoms with E-state index in [0.29, 0.717) is 5.92 Å². The van der Waals surface area contributed by atoms with Crippen molar-refractivity contribution in [2.75, 3.05) is 13.6 Å². The van der Waals surface area contributed by atoms with Gasteiger partial charge in [0.15, 0.2) is 0 Å². The lowest BCUT2D eigenvalue weighted by Crippen LogP contribution is -2.40.